The van der Waals surface area contributed by atoms with E-state index in [0.717, 1.165) is 24.3 Å². The topological polar surface area (TPSA) is 66.2 Å². The molecule has 0 unspecified atom stereocenters. The zero-order valence-electron chi connectivity index (χ0n) is 13.1. The molecular formula is C18H22N2O2. The first-order valence-corrected chi connectivity index (χ1v) is 7.26. The van der Waals surface area contributed by atoms with Gasteiger partial charge in [0.05, 0.1) is 6.01 Å². The minimum Gasteiger partial charge on any atom is -0.457 e. The van der Waals surface area contributed by atoms with Crippen LogP contribution >= 0.6 is 0 Å². The van der Waals surface area contributed by atoms with Gasteiger partial charge in [-0.3, -0.25) is 0 Å². The SMILES string of the molecule is CCc1ccccc1OCOc1ccccc1CC.N=C=N. The first-order valence-electron chi connectivity index (χ1n) is 7.26. The quantitative estimate of drug-likeness (QED) is 0.607. The lowest BCUT2D eigenvalue weighted by Gasteiger charge is -2.13. The second-order valence-electron chi connectivity index (χ2n) is 4.45. The number of ether oxygens (including phenoxy) is 2. The molecule has 0 amide bonds. The van der Waals surface area contributed by atoms with E-state index in [4.69, 9.17) is 20.3 Å². The molecule has 0 spiro atoms. The summed E-state index contributed by atoms with van der Waals surface area (Å²) in [6.45, 7) is 4.49. The summed E-state index contributed by atoms with van der Waals surface area (Å²) in [5, 5.41) is 11.2. The average Bonchev–Trinajstić information content (AvgIpc) is 2.56. The maximum Gasteiger partial charge on any atom is 0.230 e. The molecule has 0 heterocycles. The summed E-state index contributed by atoms with van der Waals surface area (Å²) >= 11 is 0. The molecule has 0 aromatic heterocycles. The van der Waals surface area contributed by atoms with Gasteiger partial charge < -0.3 is 9.47 Å². The van der Waals surface area contributed by atoms with Gasteiger partial charge in [0.1, 0.15) is 11.5 Å². The smallest absolute Gasteiger partial charge is 0.230 e. The number of hydrogen-bond acceptors (Lipinski definition) is 4. The van der Waals surface area contributed by atoms with Crippen molar-refractivity contribution in [2.45, 2.75) is 26.7 Å². The third kappa shape index (κ3) is 5.43. The molecule has 0 aliphatic carbocycles. The standard InChI is InChI=1S/C17H20O2.CH2N2/c1-3-14-9-5-7-11-16(14)18-13-19-17-12-8-6-10-15(17)4-2;2-1-3/h5-12H,3-4,13H2,1-2H3;2-3H. The molecular weight excluding hydrogens is 276 g/mol. The first kappa shape index (κ1) is 17.5. The normalized spacial score (nSPS) is 9.18. The Balaban J connectivity index is 0.000000745. The Labute approximate surface area is 131 Å². The summed E-state index contributed by atoms with van der Waals surface area (Å²) in [5.41, 5.74) is 2.41. The van der Waals surface area contributed by atoms with Crippen molar-refractivity contribution in [1.82, 2.24) is 0 Å². The molecule has 2 rings (SSSR count). The van der Waals surface area contributed by atoms with Crippen LogP contribution in [-0.4, -0.2) is 12.8 Å². The molecule has 0 saturated heterocycles. The molecule has 4 heteroatoms. The molecule has 22 heavy (non-hydrogen) atoms. The van der Waals surface area contributed by atoms with E-state index < -0.39 is 0 Å². The van der Waals surface area contributed by atoms with Crippen LogP contribution in [0.15, 0.2) is 48.5 Å². The number of rotatable bonds is 6. The largest absolute Gasteiger partial charge is 0.457 e. The number of hydrogen-bond donors (Lipinski definition) is 2. The fraction of sp³-hybridized carbons (Fsp3) is 0.278. The van der Waals surface area contributed by atoms with Crippen LogP contribution in [0.2, 0.25) is 0 Å². The van der Waals surface area contributed by atoms with Crippen LogP contribution in [-0.2, 0) is 12.8 Å². The van der Waals surface area contributed by atoms with Gasteiger partial charge in [0, 0.05) is 0 Å². The van der Waals surface area contributed by atoms with Crippen molar-refractivity contribution in [3.63, 3.8) is 0 Å². The number of aryl methyl sites for hydroxylation is 2. The van der Waals surface area contributed by atoms with Crippen LogP contribution in [0.3, 0.4) is 0 Å². The lowest BCUT2D eigenvalue weighted by molar-refractivity contribution is 0.118. The Bertz CT molecular complexity index is 558. The Morgan fingerprint density at radius 1 is 0.773 bits per heavy atom. The van der Waals surface area contributed by atoms with Gasteiger partial charge in [0.2, 0.25) is 6.79 Å². The number of para-hydroxylation sites is 2. The van der Waals surface area contributed by atoms with Crippen molar-refractivity contribution in [1.29, 1.82) is 10.8 Å². The Morgan fingerprint density at radius 2 is 1.14 bits per heavy atom. The Kier molecular flexibility index (Phi) is 8.09. The van der Waals surface area contributed by atoms with Gasteiger partial charge in [-0.1, -0.05) is 50.2 Å². The summed E-state index contributed by atoms with van der Waals surface area (Å²) in [4.78, 5) is 0. The summed E-state index contributed by atoms with van der Waals surface area (Å²) < 4.78 is 11.4. The van der Waals surface area contributed by atoms with Crippen molar-refractivity contribution in [2.75, 3.05) is 6.79 Å². The molecule has 0 radical (unpaired) electrons. The number of nitrogens with one attached hydrogen (secondary N) is 2. The summed E-state index contributed by atoms with van der Waals surface area (Å²) in [7, 11) is 0. The molecule has 0 fully saturated rings. The highest BCUT2D eigenvalue weighted by molar-refractivity contribution is 5.34. The van der Waals surface area contributed by atoms with Gasteiger partial charge in [-0.15, -0.1) is 0 Å². The van der Waals surface area contributed by atoms with Crippen LogP contribution in [0.25, 0.3) is 0 Å². The minimum absolute atomic E-state index is 0.244. The van der Waals surface area contributed by atoms with Gasteiger partial charge >= 0.3 is 0 Å². The highest BCUT2D eigenvalue weighted by Gasteiger charge is 2.03. The van der Waals surface area contributed by atoms with E-state index in [2.05, 4.69) is 26.0 Å². The van der Waals surface area contributed by atoms with Crippen LogP contribution in [0.1, 0.15) is 25.0 Å². The lowest BCUT2D eigenvalue weighted by Crippen LogP contribution is -2.08. The molecule has 0 aliphatic rings. The second-order valence-corrected chi connectivity index (χ2v) is 4.45. The third-order valence-electron chi connectivity index (χ3n) is 3.14. The van der Waals surface area contributed by atoms with Gasteiger partial charge in [0.15, 0.2) is 0 Å². The van der Waals surface area contributed by atoms with Crippen molar-refractivity contribution in [2.24, 2.45) is 0 Å². The zero-order chi connectivity index (χ0) is 16.2. The highest BCUT2D eigenvalue weighted by atomic mass is 16.7. The predicted octanol–water partition coefficient (Wildman–Crippen LogP) is 4.54. The van der Waals surface area contributed by atoms with E-state index in [-0.39, 0.29) is 6.79 Å². The molecule has 4 nitrogen and oxygen atoms in total. The first-order chi connectivity index (χ1) is 10.8. The zero-order valence-corrected chi connectivity index (χ0v) is 13.1. The fourth-order valence-electron chi connectivity index (χ4n) is 2.03. The van der Waals surface area contributed by atoms with Gasteiger partial charge in [-0.2, -0.15) is 0 Å². The summed E-state index contributed by atoms with van der Waals surface area (Å²) in [5.74, 6) is 1.80. The lowest BCUT2D eigenvalue weighted by atomic mass is 10.1. The van der Waals surface area contributed by atoms with E-state index in [1.54, 1.807) is 0 Å². The van der Waals surface area contributed by atoms with Crippen molar-refractivity contribution >= 4 is 6.01 Å². The molecule has 2 N–H and O–H groups in total. The van der Waals surface area contributed by atoms with E-state index in [1.165, 1.54) is 17.1 Å². The van der Waals surface area contributed by atoms with Crippen LogP contribution in [0, 0.1) is 10.8 Å². The second kappa shape index (κ2) is 10.2. The van der Waals surface area contributed by atoms with E-state index in [9.17, 15) is 0 Å². The van der Waals surface area contributed by atoms with Crippen LogP contribution < -0.4 is 9.47 Å². The summed E-state index contributed by atoms with van der Waals surface area (Å²) in [6, 6.07) is 17.4. The monoisotopic (exact) mass is 298 g/mol. The molecule has 116 valence electrons. The molecule has 2 aromatic rings. The van der Waals surface area contributed by atoms with Gasteiger partial charge in [-0.25, -0.2) is 10.8 Å². The number of benzene rings is 2. The molecule has 0 atom stereocenters. The van der Waals surface area contributed by atoms with Gasteiger partial charge in [-0.05, 0) is 36.1 Å². The highest BCUT2D eigenvalue weighted by Crippen LogP contribution is 2.21. The molecule has 0 saturated carbocycles. The fourth-order valence-corrected chi connectivity index (χ4v) is 2.03. The summed E-state index contributed by atoms with van der Waals surface area (Å²) in [6.07, 6.45) is 1.92. The molecule has 0 aliphatic heterocycles. The Morgan fingerprint density at radius 3 is 1.50 bits per heavy atom. The van der Waals surface area contributed by atoms with E-state index in [0.29, 0.717) is 0 Å². The average molecular weight is 298 g/mol. The maximum atomic E-state index is 5.71. The van der Waals surface area contributed by atoms with Crippen LogP contribution in [0.5, 0.6) is 11.5 Å². The molecule has 2 aromatic carbocycles. The van der Waals surface area contributed by atoms with E-state index in [1.807, 2.05) is 36.4 Å². The predicted molar refractivity (Wildman–Crippen MR) is 88.2 cm³/mol. The van der Waals surface area contributed by atoms with Crippen LogP contribution in [0.4, 0.5) is 0 Å². The molecule has 0 bridgehead atoms. The van der Waals surface area contributed by atoms with Gasteiger partial charge in [0.25, 0.3) is 0 Å². The minimum atomic E-state index is 0.244. The third-order valence-corrected chi connectivity index (χ3v) is 3.14. The van der Waals surface area contributed by atoms with Crippen molar-refractivity contribution in [3.05, 3.63) is 59.7 Å². The van der Waals surface area contributed by atoms with E-state index >= 15 is 0 Å². The maximum absolute atomic E-state index is 5.71. The van der Waals surface area contributed by atoms with Crippen molar-refractivity contribution in [3.8, 4) is 11.5 Å². The van der Waals surface area contributed by atoms with Crippen molar-refractivity contribution < 1.29 is 9.47 Å². The Hall–Kier alpha value is -2.58.